The van der Waals surface area contributed by atoms with Crippen molar-refractivity contribution in [2.24, 2.45) is 23.7 Å². The van der Waals surface area contributed by atoms with E-state index in [4.69, 9.17) is 0 Å². The van der Waals surface area contributed by atoms with Gasteiger partial charge < -0.3 is 10.2 Å². The highest BCUT2D eigenvalue weighted by molar-refractivity contribution is 5.86. The minimum absolute atomic E-state index is 0.0872. The van der Waals surface area contributed by atoms with Crippen LogP contribution in [0.1, 0.15) is 52.4 Å². The summed E-state index contributed by atoms with van der Waals surface area (Å²) in [5.74, 6) is 1.84. The smallest absolute Gasteiger partial charge is 0.164 e. The summed E-state index contributed by atoms with van der Waals surface area (Å²) in [6.07, 6.45) is 5.76. The molecule has 4 fully saturated rings. The van der Waals surface area contributed by atoms with E-state index in [0.717, 1.165) is 12.8 Å². The van der Waals surface area contributed by atoms with Crippen LogP contribution < -0.4 is 0 Å². The number of Topliss-reactive ketones (excluding diaryl/α,β-unsaturated/α-hetero) is 1. The van der Waals surface area contributed by atoms with Gasteiger partial charge in [-0.2, -0.15) is 0 Å². The Bertz CT molecular complexity index is 354. The number of aliphatic hydroxyl groups is 2. The van der Waals surface area contributed by atoms with Gasteiger partial charge in [-0.3, -0.25) is 4.79 Å². The van der Waals surface area contributed by atoms with Gasteiger partial charge in [0.25, 0.3) is 0 Å². The molecule has 0 aliphatic heterocycles. The van der Waals surface area contributed by atoms with Crippen molar-refractivity contribution in [1.82, 2.24) is 0 Å². The zero-order valence-electron chi connectivity index (χ0n) is 11.4. The average Bonchev–Trinajstić information content (AvgIpc) is 2.20. The lowest BCUT2D eigenvalue weighted by Gasteiger charge is -2.59. The van der Waals surface area contributed by atoms with Crippen LogP contribution in [0.15, 0.2) is 0 Å². The number of carbonyl (C=O) groups is 1. The van der Waals surface area contributed by atoms with Crippen molar-refractivity contribution >= 4 is 5.78 Å². The van der Waals surface area contributed by atoms with Gasteiger partial charge in [0, 0.05) is 6.42 Å². The molecule has 4 bridgehead atoms. The van der Waals surface area contributed by atoms with E-state index in [0.29, 0.717) is 24.2 Å². The van der Waals surface area contributed by atoms with Crippen molar-refractivity contribution in [2.75, 3.05) is 0 Å². The molecule has 4 aliphatic carbocycles. The highest BCUT2D eigenvalue weighted by Crippen LogP contribution is 2.59. The Kier molecular flexibility index (Phi) is 2.66. The van der Waals surface area contributed by atoms with Gasteiger partial charge in [0.1, 0.15) is 5.60 Å². The zero-order chi connectivity index (χ0) is 13.1. The summed E-state index contributed by atoms with van der Waals surface area (Å²) >= 11 is 0. The highest BCUT2D eigenvalue weighted by atomic mass is 16.3. The van der Waals surface area contributed by atoms with E-state index >= 15 is 0 Å². The lowest BCUT2D eigenvalue weighted by molar-refractivity contribution is -0.179. The van der Waals surface area contributed by atoms with E-state index in [1.165, 1.54) is 19.3 Å². The molecule has 0 aromatic rings. The maximum atomic E-state index is 12.0. The summed E-state index contributed by atoms with van der Waals surface area (Å²) in [5.41, 5.74) is -1.87. The maximum Gasteiger partial charge on any atom is 0.164 e. The molecule has 0 heterocycles. The Morgan fingerprint density at radius 2 is 1.78 bits per heavy atom. The van der Waals surface area contributed by atoms with Gasteiger partial charge in [-0.1, -0.05) is 0 Å². The van der Waals surface area contributed by atoms with Crippen LogP contribution in [-0.2, 0) is 4.79 Å². The van der Waals surface area contributed by atoms with Crippen LogP contribution in [0.25, 0.3) is 0 Å². The molecule has 0 amide bonds. The van der Waals surface area contributed by atoms with Gasteiger partial charge in [0.2, 0.25) is 0 Å². The van der Waals surface area contributed by atoms with E-state index < -0.39 is 11.2 Å². The first kappa shape index (κ1) is 12.6. The third kappa shape index (κ3) is 1.92. The summed E-state index contributed by atoms with van der Waals surface area (Å²) in [6.45, 7) is 3.10. The molecule has 0 spiro atoms. The normalized spacial score (nSPS) is 46.4. The van der Waals surface area contributed by atoms with Gasteiger partial charge in [-0.15, -0.1) is 0 Å². The lowest BCUT2D eigenvalue weighted by Crippen LogP contribution is -2.58. The second kappa shape index (κ2) is 3.80. The predicted molar refractivity (Wildman–Crippen MR) is 67.9 cm³/mol. The molecular formula is C15H24O3. The third-order valence-corrected chi connectivity index (χ3v) is 5.57. The second-order valence-corrected chi connectivity index (χ2v) is 7.50. The van der Waals surface area contributed by atoms with Crippen LogP contribution in [0.5, 0.6) is 0 Å². The number of hydrogen-bond acceptors (Lipinski definition) is 3. The van der Waals surface area contributed by atoms with Gasteiger partial charge >= 0.3 is 0 Å². The SMILES string of the molecule is CC(C)(O)C(=O)CC1C2CC3CC(C2)CC1(O)C3. The van der Waals surface area contributed by atoms with E-state index in [-0.39, 0.29) is 11.7 Å². The summed E-state index contributed by atoms with van der Waals surface area (Å²) < 4.78 is 0. The van der Waals surface area contributed by atoms with Crippen molar-refractivity contribution in [3.63, 3.8) is 0 Å². The summed E-state index contributed by atoms with van der Waals surface area (Å²) in [6, 6.07) is 0. The molecule has 0 radical (unpaired) electrons. The summed E-state index contributed by atoms with van der Waals surface area (Å²) in [5, 5.41) is 20.6. The monoisotopic (exact) mass is 252 g/mol. The van der Waals surface area contributed by atoms with Crippen molar-refractivity contribution in [3.8, 4) is 0 Å². The fourth-order valence-corrected chi connectivity index (χ4v) is 4.91. The molecule has 0 aromatic heterocycles. The van der Waals surface area contributed by atoms with Crippen LogP contribution in [0.4, 0.5) is 0 Å². The van der Waals surface area contributed by atoms with Gasteiger partial charge in [0.15, 0.2) is 5.78 Å². The number of rotatable bonds is 3. The molecular weight excluding hydrogens is 228 g/mol. The Balaban J connectivity index is 1.78. The van der Waals surface area contributed by atoms with Crippen molar-refractivity contribution in [3.05, 3.63) is 0 Å². The summed E-state index contributed by atoms with van der Waals surface area (Å²) in [7, 11) is 0. The van der Waals surface area contributed by atoms with Crippen molar-refractivity contribution in [1.29, 1.82) is 0 Å². The maximum absolute atomic E-state index is 12.0. The summed E-state index contributed by atoms with van der Waals surface area (Å²) in [4.78, 5) is 12.0. The first-order valence-electron chi connectivity index (χ1n) is 7.26. The number of ketones is 1. The number of hydrogen-bond donors (Lipinski definition) is 2. The Morgan fingerprint density at radius 3 is 2.22 bits per heavy atom. The minimum atomic E-state index is -1.26. The molecule has 0 aromatic carbocycles. The molecule has 3 heteroatoms. The van der Waals surface area contributed by atoms with Crippen LogP contribution in [0.2, 0.25) is 0 Å². The fourth-order valence-electron chi connectivity index (χ4n) is 4.91. The molecule has 0 saturated heterocycles. The zero-order valence-corrected chi connectivity index (χ0v) is 11.4. The van der Waals surface area contributed by atoms with Gasteiger partial charge in [0.05, 0.1) is 5.60 Å². The Labute approximate surface area is 109 Å². The average molecular weight is 252 g/mol. The fraction of sp³-hybridized carbons (Fsp3) is 0.933. The first-order chi connectivity index (χ1) is 8.28. The third-order valence-electron chi connectivity index (χ3n) is 5.57. The molecule has 4 aliphatic rings. The van der Waals surface area contributed by atoms with Crippen LogP contribution in [0.3, 0.4) is 0 Å². The minimum Gasteiger partial charge on any atom is -0.390 e. The Hall–Kier alpha value is -0.410. The van der Waals surface area contributed by atoms with E-state index in [9.17, 15) is 15.0 Å². The highest BCUT2D eigenvalue weighted by Gasteiger charge is 2.56. The molecule has 4 saturated carbocycles. The van der Waals surface area contributed by atoms with Gasteiger partial charge in [-0.25, -0.2) is 0 Å². The predicted octanol–water partition coefficient (Wildman–Crippen LogP) is 1.90. The van der Waals surface area contributed by atoms with Crippen molar-refractivity contribution < 1.29 is 15.0 Å². The van der Waals surface area contributed by atoms with Gasteiger partial charge in [-0.05, 0) is 69.6 Å². The molecule has 4 rings (SSSR count). The topological polar surface area (TPSA) is 57.5 Å². The molecule has 102 valence electrons. The van der Waals surface area contributed by atoms with Crippen LogP contribution in [-0.4, -0.2) is 27.2 Å². The van der Waals surface area contributed by atoms with Crippen LogP contribution in [0, 0.1) is 23.7 Å². The standard InChI is InChI=1S/C15H24O3/c1-14(2,17)13(16)6-12-11-4-9-3-10(5-11)8-15(12,18)7-9/h9-12,17-18H,3-8H2,1-2H3. The number of carbonyl (C=O) groups excluding carboxylic acids is 1. The molecule has 3 unspecified atom stereocenters. The van der Waals surface area contributed by atoms with E-state index in [1.54, 1.807) is 13.8 Å². The lowest BCUT2D eigenvalue weighted by atomic mass is 9.49. The molecule has 3 atom stereocenters. The molecule has 3 nitrogen and oxygen atoms in total. The Morgan fingerprint density at radius 1 is 1.22 bits per heavy atom. The second-order valence-electron chi connectivity index (χ2n) is 7.50. The van der Waals surface area contributed by atoms with E-state index in [2.05, 4.69) is 0 Å². The van der Waals surface area contributed by atoms with E-state index in [1.807, 2.05) is 0 Å². The quantitative estimate of drug-likeness (QED) is 0.806. The van der Waals surface area contributed by atoms with Crippen molar-refractivity contribution in [2.45, 2.75) is 63.6 Å². The first-order valence-corrected chi connectivity index (χ1v) is 7.26. The molecule has 18 heavy (non-hydrogen) atoms. The largest absolute Gasteiger partial charge is 0.390 e. The molecule has 2 N–H and O–H groups in total. The van der Waals surface area contributed by atoms with Crippen LogP contribution >= 0.6 is 0 Å².